The summed E-state index contributed by atoms with van der Waals surface area (Å²) < 4.78 is 6.47. The van der Waals surface area contributed by atoms with Crippen LogP contribution in [0, 0.1) is 24.7 Å². The Hall–Kier alpha value is -0.380. The van der Waals surface area contributed by atoms with Crippen LogP contribution in [0.15, 0.2) is 12.1 Å². The van der Waals surface area contributed by atoms with Gasteiger partial charge in [0.2, 0.25) is 0 Å². The van der Waals surface area contributed by atoms with Gasteiger partial charge in [-0.15, -0.1) is 11.3 Å². The molecule has 2 nitrogen and oxygen atoms in total. The van der Waals surface area contributed by atoms with E-state index in [4.69, 9.17) is 10.5 Å². The van der Waals surface area contributed by atoms with Crippen molar-refractivity contribution < 1.29 is 4.74 Å². The van der Waals surface area contributed by atoms with E-state index in [1.165, 1.54) is 29.0 Å². The number of nitrogens with two attached hydrogens (primary N) is 1. The molecule has 1 aliphatic rings. The zero-order valence-corrected chi connectivity index (χ0v) is 14.1. The van der Waals surface area contributed by atoms with Gasteiger partial charge in [0, 0.05) is 16.3 Å². The van der Waals surface area contributed by atoms with Gasteiger partial charge in [0.25, 0.3) is 0 Å². The van der Waals surface area contributed by atoms with Gasteiger partial charge in [-0.25, -0.2) is 0 Å². The third kappa shape index (κ3) is 3.84. The normalized spacial score (nSPS) is 28.8. The van der Waals surface area contributed by atoms with Crippen LogP contribution in [0.5, 0.6) is 0 Å². The lowest BCUT2D eigenvalue weighted by Gasteiger charge is -2.38. The van der Waals surface area contributed by atoms with Gasteiger partial charge in [-0.1, -0.05) is 27.2 Å². The molecule has 4 unspecified atom stereocenters. The maximum absolute atomic E-state index is 6.47. The Morgan fingerprint density at radius 3 is 2.65 bits per heavy atom. The average molecular weight is 295 g/mol. The molecular weight excluding hydrogens is 266 g/mol. The maximum Gasteiger partial charge on any atom is 0.104 e. The molecule has 1 aromatic heterocycles. The summed E-state index contributed by atoms with van der Waals surface area (Å²) in [7, 11) is 0. The number of rotatable bonds is 5. The van der Waals surface area contributed by atoms with Gasteiger partial charge < -0.3 is 10.5 Å². The Morgan fingerprint density at radius 2 is 2.10 bits per heavy atom. The Labute approximate surface area is 127 Å². The lowest BCUT2D eigenvalue weighted by atomic mass is 9.75. The summed E-state index contributed by atoms with van der Waals surface area (Å²) in [6.07, 6.45) is 4.27. The molecule has 0 aromatic carbocycles. The van der Waals surface area contributed by atoms with Crippen LogP contribution in [0.4, 0.5) is 0 Å². The monoisotopic (exact) mass is 295 g/mol. The van der Waals surface area contributed by atoms with Crippen LogP contribution in [0.2, 0.25) is 0 Å². The van der Waals surface area contributed by atoms with Crippen molar-refractivity contribution >= 4 is 11.3 Å². The van der Waals surface area contributed by atoms with Gasteiger partial charge >= 0.3 is 0 Å². The third-order valence-corrected chi connectivity index (χ3v) is 5.69. The Bertz CT molecular complexity index is 415. The highest BCUT2D eigenvalue weighted by molar-refractivity contribution is 7.12. The molecule has 4 atom stereocenters. The van der Waals surface area contributed by atoms with Crippen LogP contribution in [-0.2, 0) is 4.74 Å². The summed E-state index contributed by atoms with van der Waals surface area (Å²) in [4.78, 5) is 2.62. The second-order valence-corrected chi connectivity index (χ2v) is 7.99. The Morgan fingerprint density at radius 1 is 1.35 bits per heavy atom. The van der Waals surface area contributed by atoms with Crippen molar-refractivity contribution in [1.82, 2.24) is 0 Å². The summed E-state index contributed by atoms with van der Waals surface area (Å²) in [5.74, 6) is 2.15. The van der Waals surface area contributed by atoms with Crippen LogP contribution in [-0.4, -0.2) is 12.6 Å². The van der Waals surface area contributed by atoms with Crippen LogP contribution in [0.1, 0.15) is 55.9 Å². The number of thiophene rings is 1. The van der Waals surface area contributed by atoms with Crippen molar-refractivity contribution in [2.24, 2.45) is 23.5 Å². The summed E-state index contributed by atoms with van der Waals surface area (Å²) in [5.41, 5.74) is 5.97. The Kier molecular flexibility index (Phi) is 5.65. The molecule has 3 heteroatoms. The van der Waals surface area contributed by atoms with E-state index in [0.717, 1.165) is 5.92 Å². The first-order valence-electron chi connectivity index (χ1n) is 7.93. The summed E-state index contributed by atoms with van der Waals surface area (Å²) in [5, 5.41) is 0. The SMILES string of the molecule is Cc1ccc(C(CN)OC2CC(C)CCC2C(C)C)s1. The van der Waals surface area contributed by atoms with Crippen LogP contribution >= 0.6 is 11.3 Å². The molecule has 1 aromatic rings. The largest absolute Gasteiger partial charge is 0.368 e. The van der Waals surface area contributed by atoms with E-state index in [9.17, 15) is 0 Å². The van der Waals surface area contributed by atoms with E-state index in [0.29, 0.717) is 24.5 Å². The van der Waals surface area contributed by atoms with E-state index in [-0.39, 0.29) is 6.10 Å². The topological polar surface area (TPSA) is 35.2 Å². The first kappa shape index (κ1) is 16.0. The van der Waals surface area contributed by atoms with Gasteiger partial charge in [-0.3, -0.25) is 0 Å². The summed E-state index contributed by atoms with van der Waals surface area (Å²) >= 11 is 1.81. The zero-order chi connectivity index (χ0) is 14.7. The lowest BCUT2D eigenvalue weighted by Crippen LogP contribution is -2.36. The van der Waals surface area contributed by atoms with E-state index >= 15 is 0 Å². The van der Waals surface area contributed by atoms with Crippen molar-refractivity contribution in [2.75, 3.05) is 6.54 Å². The third-order valence-electron chi connectivity index (χ3n) is 4.59. The van der Waals surface area contributed by atoms with Crippen LogP contribution < -0.4 is 5.73 Å². The second-order valence-electron chi connectivity index (χ2n) is 6.67. The Balaban J connectivity index is 2.07. The molecular formula is C17H29NOS. The summed E-state index contributed by atoms with van der Waals surface area (Å²) in [6, 6.07) is 4.34. The van der Waals surface area contributed by atoms with Gasteiger partial charge in [0.1, 0.15) is 6.10 Å². The molecule has 2 N–H and O–H groups in total. The second kappa shape index (κ2) is 7.06. The molecule has 1 saturated carbocycles. The summed E-state index contributed by atoms with van der Waals surface area (Å²) in [6.45, 7) is 9.71. The first-order valence-corrected chi connectivity index (χ1v) is 8.74. The molecule has 0 saturated heterocycles. The first-order chi connectivity index (χ1) is 9.51. The number of aryl methyl sites for hydroxylation is 1. The predicted octanol–water partition coefficient (Wildman–Crippen LogP) is 4.53. The number of hydrogen-bond acceptors (Lipinski definition) is 3. The standard InChI is InChI=1S/C17H29NOS/c1-11(2)14-7-5-12(3)9-15(14)19-16(10-18)17-8-6-13(4)20-17/h6,8,11-12,14-16H,5,7,9-10,18H2,1-4H3. The minimum Gasteiger partial charge on any atom is -0.368 e. The number of ether oxygens (including phenoxy) is 1. The molecule has 114 valence electrons. The molecule has 20 heavy (non-hydrogen) atoms. The van der Waals surface area contributed by atoms with E-state index in [1.54, 1.807) is 0 Å². The van der Waals surface area contributed by atoms with Gasteiger partial charge in [-0.2, -0.15) is 0 Å². The van der Waals surface area contributed by atoms with E-state index < -0.39 is 0 Å². The van der Waals surface area contributed by atoms with Crippen molar-refractivity contribution in [1.29, 1.82) is 0 Å². The molecule has 1 aliphatic carbocycles. The fourth-order valence-corrected chi connectivity index (χ4v) is 4.27. The maximum atomic E-state index is 6.47. The fraction of sp³-hybridized carbons (Fsp3) is 0.765. The highest BCUT2D eigenvalue weighted by Crippen LogP contribution is 2.38. The predicted molar refractivity (Wildman–Crippen MR) is 87.1 cm³/mol. The van der Waals surface area contributed by atoms with Crippen molar-refractivity contribution in [3.8, 4) is 0 Å². The molecule has 1 fully saturated rings. The van der Waals surface area contributed by atoms with Crippen molar-refractivity contribution in [3.63, 3.8) is 0 Å². The van der Waals surface area contributed by atoms with Crippen molar-refractivity contribution in [2.45, 2.75) is 59.2 Å². The highest BCUT2D eigenvalue weighted by Gasteiger charge is 2.33. The zero-order valence-electron chi connectivity index (χ0n) is 13.3. The molecule has 2 rings (SSSR count). The van der Waals surface area contributed by atoms with Crippen LogP contribution in [0.3, 0.4) is 0 Å². The minimum absolute atomic E-state index is 0.0743. The van der Waals surface area contributed by atoms with Gasteiger partial charge in [0.15, 0.2) is 0 Å². The quantitative estimate of drug-likeness (QED) is 0.866. The minimum atomic E-state index is 0.0743. The lowest BCUT2D eigenvalue weighted by molar-refractivity contribution is -0.0774. The van der Waals surface area contributed by atoms with Crippen LogP contribution in [0.25, 0.3) is 0 Å². The van der Waals surface area contributed by atoms with E-state index in [2.05, 4.69) is 39.8 Å². The average Bonchev–Trinajstić information content (AvgIpc) is 2.82. The molecule has 0 bridgehead atoms. The van der Waals surface area contributed by atoms with E-state index in [1.807, 2.05) is 11.3 Å². The van der Waals surface area contributed by atoms with Crippen molar-refractivity contribution in [3.05, 3.63) is 21.9 Å². The molecule has 1 heterocycles. The van der Waals surface area contributed by atoms with Gasteiger partial charge in [0.05, 0.1) is 6.10 Å². The number of hydrogen-bond donors (Lipinski definition) is 1. The molecule has 0 aliphatic heterocycles. The molecule has 0 spiro atoms. The molecule has 0 amide bonds. The fourth-order valence-electron chi connectivity index (χ4n) is 3.35. The van der Waals surface area contributed by atoms with Gasteiger partial charge in [-0.05, 0) is 49.7 Å². The molecule has 0 radical (unpaired) electrons. The smallest absolute Gasteiger partial charge is 0.104 e. The highest BCUT2D eigenvalue weighted by atomic mass is 32.1.